The van der Waals surface area contributed by atoms with Crippen molar-refractivity contribution in [1.29, 1.82) is 0 Å². The van der Waals surface area contributed by atoms with Crippen LogP contribution in [-0.2, 0) is 14.3 Å². The summed E-state index contributed by atoms with van der Waals surface area (Å²) in [7, 11) is 3.11. The molecule has 0 atom stereocenters. The van der Waals surface area contributed by atoms with E-state index in [-0.39, 0.29) is 18.9 Å². The summed E-state index contributed by atoms with van der Waals surface area (Å²) in [6, 6.07) is 0. The van der Waals surface area contributed by atoms with Crippen molar-refractivity contribution in [2.24, 2.45) is 5.84 Å². The lowest BCUT2D eigenvalue weighted by Crippen LogP contribution is -2.30. The highest BCUT2D eigenvalue weighted by molar-refractivity contribution is 5.78. The lowest BCUT2D eigenvalue weighted by Gasteiger charge is -2.23. The van der Waals surface area contributed by atoms with Crippen LogP contribution in [0, 0.1) is 0 Å². The standard InChI is InChI=1S/C11H18N2O4/c1-16-9-3-7(5-11(15)13-12)8(6-14)4-10(9)17-2/h14H,3-6,12H2,1-2H3,(H,13,15). The van der Waals surface area contributed by atoms with Gasteiger partial charge in [0.05, 0.1) is 20.8 Å². The van der Waals surface area contributed by atoms with Gasteiger partial charge in [-0.05, 0) is 5.57 Å². The number of hydrogen-bond acceptors (Lipinski definition) is 5. The van der Waals surface area contributed by atoms with Crippen LogP contribution < -0.4 is 11.3 Å². The molecule has 4 N–H and O–H groups in total. The molecule has 6 heteroatoms. The van der Waals surface area contributed by atoms with Crippen LogP contribution in [0.25, 0.3) is 0 Å². The number of nitrogens with two attached hydrogens (primary N) is 1. The molecule has 0 saturated heterocycles. The quantitative estimate of drug-likeness (QED) is 0.272. The maximum Gasteiger partial charge on any atom is 0.237 e. The van der Waals surface area contributed by atoms with Gasteiger partial charge < -0.3 is 14.6 Å². The van der Waals surface area contributed by atoms with Crippen molar-refractivity contribution in [3.63, 3.8) is 0 Å². The van der Waals surface area contributed by atoms with E-state index < -0.39 is 0 Å². The Morgan fingerprint density at radius 2 is 1.82 bits per heavy atom. The zero-order chi connectivity index (χ0) is 12.8. The fourth-order valence-electron chi connectivity index (χ4n) is 1.81. The molecule has 0 aromatic rings. The Kier molecular flexibility index (Phi) is 4.99. The van der Waals surface area contributed by atoms with Crippen LogP contribution in [0.2, 0.25) is 0 Å². The minimum absolute atomic E-state index is 0.100. The molecule has 96 valence electrons. The van der Waals surface area contributed by atoms with Crippen LogP contribution in [0.3, 0.4) is 0 Å². The number of carbonyl (C=O) groups excluding carboxylic acids is 1. The van der Waals surface area contributed by atoms with Crippen molar-refractivity contribution in [3.8, 4) is 0 Å². The summed E-state index contributed by atoms with van der Waals surface area (Å²) in [5.74, 6) is 6.13. The monoisotopic (exact) mass is 242 g/mol. The van der Waals surface area contributed by atoms with E-state index in [4.69, 9.17) is 15.3 Å². The number of ether oxygens (including phenoxy) is 2. The summed E-state index contributed by atoms with van der Waals surface area (Å²) in [5.41, 5.74) is 3.68. The topological polar surface area (TPSA) is 93.8 Å². The number of rotatable bonds is 5. The molecule has 0 radical (unpaired) electrons. The SMILES string of the molecule is COC1=C(OC)CC(CC(=O)NN)=C(CO)C1. The second kappa shape index (κ2) is 6.27. The molecular formula is C11H18N2O4. The largest absolute Gasteiger partial charge is 0.497 e. The van der Waals surface area contributed by atoms with Crippen molar-refractivity contribution in [3.05, 3.63) is 22.7 Å². The molecule has 6 nitrogen and oxygen atoms in total. The Morgan fingerprint density at radius 1 is 1.29 bits per heavy atom. The zero-order valence-electron chi connectivity index (χ0n) is 10.1. The molecule has 0 unspecified atom stereocenters. The van der Waals surface area contributed by atoms with Crippen LogP contribution in [-0.4, -0.2) is 31.8 Å². The highest BCUT2D eigenvalue weighted by Gasteiger charge is 2.22. The van der Waals surface area contributed by atoms with E-state index in [1.165, 1.54) is 0 Å². The van der Waals surface area contributed by atoms with Gasteiger partial charge in [-0.25, -0.2) is 5.84 Å². The zero-order valence-corrected chi connectivity index (χ0v) is 10.1. The van der Waals surface area contributed by atoms with E-state index in [1.54, 1.807) is 14.2 Å². The Morgan fingerprint density at radius 3 is 2.24 bits per heavy atom. The predicted molar refractivity (Wildman–Crippen MR) is 61.3 cm³/mol. The molecule has 0 aromatic heterocycles. The highest BCUT2D eigenvalue weighted by atomic mass is 16.5. The molecule has 0 spiro atoms. The summed E-state index contributed by atoms with van der Waals surface area (Å²) in [6.45, 7) is -0.100. The van der Waals surface area contributed by atoms with Gasteiger partial charge in [0.15, 0.2) is 0 Å². The van der Waals surface area contributed by atoms with E-state index in [0.29, 0.717) is 24.4 Å². The van der Waals surface area contributed by atoms with Crippen molar-refractivity contribution in [2.45, 2.75) is 19.3 Å². The van der Waals surface area contributed by atoms with Gasteiger partial charge in [-0.15, -0.1) is 0 Å². The molecule has 0 fully saturated rings. The van der Waals surface area contributed by atoms with Gasteiger partial charge in [0.1, 0.15) is 11.5 Å². The fraction of sp³-hybridized carbons (Fsp3) is 0.545. The fourth-order valence-corrected chi connectivity index (χ4v) is 1.81. The van der Waals surface area contributed by atoms with Gasteiger partial charge >= 0.3 is 0 Å². The molecule has 0 aliphatic heterocycles. The molecule has 0 heterocycles. The number of methoxy groups -OCH3 is 2. The minimum atomic E-state index is -0.290. The van der Waals surface area contributed by atoms with Crippen LogP contribution in [0.15, 0.2) is 22.7 Å². The molecular weight excluding hydrogens is 224 g/mol. The highest BCUT2D eigenvalue weighted by Crippen LogP contribution is 2.32. The molecule has 1 rings (SSSR count). The lowest BCUT2D eigenvalue weighted by atomic mass is 9.92. The number of allylic oxidation sites excluding steroid dienone is 2. The molecule has 17 heavy (non-hydrogen) atoms. The molecule has 0 bridgehead atoms. The summed E-state index contributed by atoms with van der Waals surface area (Å²) in [5, 5.41) is 9.28. The lowest BCUT2D eigenvalue weighted by molar-refractivity contribution is -0.120. The van der Waals surface area contributed by atoms with Gasteiger partial charge in [-0.2, -0.15) is 0 Å². The first-order chi connectivity index (χ1) is 8.15. The third kappa shape index (κ3) is 3.21. The van der Waals surface area contributed by atoms with Gasteiger partial charge in [-0.1, -0.05) is 5.57 Å². The summed E-state index contributed by atoms with van der Waals surface area (Å²) < 4.78 is 10.4. The van der Waals surface area contributed by atoms with E-state index >= 15 is 0 Å². The first-order valence-electron chi connectivity index (χ1n) is 5.26. The first-order valence-corrected chi connectivity index (χ1v) is 5.26. The second-order valence-corrected chi connectivity index (χ2v) is 3.72. The smallest absolute Gasteiger partial charge is 0.237 e. The maximum absolute atomic E-state index is 11.2. The Balaban J connectivity index is 2.87. The van der Waals surface area contributed by atoms with Crippen LogP contribution in [0.4, 0.5) is 0 Å². The third-order valence-electron chi connectivity index (χ3n) is 2.78. The Bertz CT molecular complexity index is 360. The summed E-state index contributed by atoms with van der Waals surface area (Å²) >= 11 is 0. The Hall–Kier alpha value is -1.53. The Labute approximate surface area is 100 Å². The first kappa shape index (κ1) is 13.5. The number of aliphatic hydroxyl groups is 1. The number of nitrogens with one attached hydrogen (secondary N) is 1. The number of amides is 1. The van der Waals surface area contributed by atoms with Crippen LogP contribution >= 0.6 is 0 Å². The van der Waals surface area contributed by atoms with Gasteiger partial charge in [0, 0.05) is 19.3 Å². The third-order valence-corrected chi connectivity index (χ3v) is 2.78. The van der Waals surface area contributed by atoms with Crippen LogP contribution in [0.1, 0.15) is 19.3 Å². The second-order valence-electron chi connectivity index (χ2n) is 3.72. The van der Waals surface area contributed by atoms with E-state index in [2.05, 4.69) is 5.43 Å². The van der Waals surface area contributed by atoms with Gasteiger partial charge in [0.25, 0.3) is 0 Å². The van der Waals surface area contributed by atoms with Crippen molar-refractivity contribution in [1.82, 2.24) is 5.43 Å². The predicted octanol–water partition coefficient (Wildman–Crippen LogP) is -0.0465. The van der Waals surface area contributed by atoms with E-state index in [0.717, 1.165) is 11.1 Å². The number of aliphatic hydroxyl groups excluding tert-OH is 1. The molecule has 1 aliphatic carbocycles. The maximum atomic E-state index is 11.2. The molecule has 0 saturated carbocycles. The summed E-state index contributed by atoms with van der Waals surface area (Å²) in [4.78, 5) is 11.2. The van der Waals surface area contributed by atoms with Crippen LogP contribution in [0.5, 0.6) is 0 Å². The number of hydrogen-bond donors (Lipinski definition) is 3. The van der Waals surface area contributed by atoms with Crippen molar-refractivity contribution < 1.29 is 19.4 Å². The molecule has 1 aliphatic rings. The molecule has 0 aromatic carbocycles. The molecule has 1 amide bonds. The summed E-state index contributed by atoms with van der Waals surface area (Å²) in [6.07, 6.45) is 1.09. The van der Waals surface area contributed by atoms with Crippen molar-refractivity contribution in [2.75, 3.05) is 20.8 Å². The van der Waals surface area contributed by atoms with E-state index in [9.17, 15) is 9.90 Å². The van der Waals surface area contributed by atoms with E-state index in [1.807, 2.05) is 0 Å². The van der Waals surface area contributed by atoms with Crippen molar-refractivity contribution >= 4 is 5.91 Å². The van der Waals surface area contributed by atoms with Gasteiger partial charge in [0.2, 0.25) is 5.91 Å². The average Bonchev–Trinajstić information content (AvgIpc) is 2.37. The number of carbonyl (C=O) groups is 1. The number of hydrazine groups is 1. The normalized spacial score (nSPS) is 16.0. The van der Waals surface area contributed by atoms with Gasteiger partial charge in [-0.3, -0.25) is 10.2 Å². The minimum Gasteiger partial charge on any atom is -0.497 e. The average molecular weight is 242 g/mol.